The maximum absolute atomic E-state index is 6.01. The molecule has 4 heteroatoms. The smallest absolute Gasteiger partial charge is 0.0632 e. The van der Waals surface area contributed by atoms with Crippen LogP contribution < -0.4 is 0 Å². The fraction of sp³-hybridized carbons (Fsp3) is 0.0556. The number of halogens is 2. The van der Waals surface area contributed by atoms with E-state index in [2.05, 4.69) is 52.4 Å². The molecule has 0 unspecified atom stereocenters. The van der Waals surface area contributed by atoms with Gasteiger partial charge in [0.05, 0.1) is 13.8 Å². The molecule has 0 aliphatic heterocycles. The summed E-state index contributed by atoms with van der Waals surface area (Å²) in [5, 5.41) is 0.735. The molecular weight excluding hydrogens is 425 g/mol. The fourth-order valence-corrected chi connectivity index (χ4v) is 3.65. The van der Waals surface area contributed by atoms with Crippen molar-refractivity contribution in [3.05, 3.63) is 73.8 Å². The van der Waals surface area contributed by atoms with Crippen molar-refractivity contribution in [1.29, 1.82) is 0 Å². The van der Waals surface area contributed by atoms with Gasteiger partial charge < -0.3 is 4.57 Å². The summed E-state index contributed by atoms with van der Waals surface area (Å²) in [5.41, 5.74) is 4.49. The molecule has 0 amide bonds. The van der Waals surface area contributed by atoms with E-state index in [4.69, 9.17) is 23.8 Å². The van der Waals surface area contributed by atoms with Crippen molar-refractivity contribution in [2.45, 2.75) is 0 Å². The minimum absolute atomic E-state index is 0.735. The van der Waals surface area contributed by atoms with Crippen LogP contribution in [0.15, 0.2) is 60.7 Å². The molecule has 0 fully saturated rings. The zero-order chi connectivity index (χ0) is 15.7. The highest BCUT2D eigenvalue weighted by Gasteiger charge is 2.12. The Hall–Kier alpha value is -1.17. The van der Waals surface area contributed by atoms with Gasteiger partial charge in [-0.2, -0.15) is 0 Å². The molecule has 0 aliphatic carbocycles. The van der Waals surface area contributed by atoms with Crippen LogP contribution in [0.3, 0.4) is 0 Å². The molecule has 1 aromatic heterocycles. The minimum atomic E-state index is 0.735. The molecule has 0 radical (unpaired) electrons. The van der Waals surface area contributed by atoms with Crippen LogP contribution >= 0.6 is 46.4 Å². The van der Waals surface area contributed by atoms with E-state index in [-0.39, 0.29) is 0 Å². The summed E-state index contributed by atoms with van der Waals surface area (Å²) < 4.78 is 4.13. The van der Waals surface area contributed by atoms with Crippen LogP contribution in [0.4, 0.5) is 0 Å². The predicted molar refractivity (Wildman–Crippen MR) is 105 cm³/mol. The molecule has 0 saturated heterocycles. The third-order valence-electron chi connectivity index (χ3n) is 3.58. The minimum Gasteiger partial charge on any atom is -0.343 e. The number of hydrogen-bond acceptors (Lipinski definition) is 1. The number of nitrogens with zero attached hydrogens (tertiary/aromatic N) is 1. The van der Waals surface area contributed by atoms with E-state index in [0.29, 0.717) is 0 Å². The summed E-state index contributed by atoms with van der Waals surface area (Å²) in [7, 11) is 2.07. The van der Waals surface area contributed by atoms with Gasteiger partial charge in [0.15, 0.2) is 0 Å². The molecule has 0 saturated carbocycles. The molecule has 0 aliphatic rings. The van der Waals surface area contributed by atoms with E-state index in [0.717, 1.165) is 35.6 Å². The summed E-state index contributed by atoms with van der Waals surface area (Å²) in [4.78, 5) is 0. The molecule has 0 N–H and O–H groups in total. The van der Waals surface area contributed by atoms with Gasteiger partial charge in [0.2, 0.25) is 0 Å². The third kappa shape index (κ3) is 2.98. The SMILES string of the molecule is Cn1c(-c2ccccc2)cc(=S)c(I)c1-c1ccc(Cl)cc1. The van der Waals surface area contributed by atoms with Crippen molar-refractivity contribution in [3.8, 4) is 22.5 Å². The second kappa shape index (κ2) is 6.52. The fourth-order valence-electron chi connectivity index (χ4n) is 2.48. The van der Waals surface area contributed by atoms with Gasteiger partial charge in [-0.25, -0.2) is 0 Å². The quantitative estimate of drug-likeness (QED) is 0.334. The maximum Gasteiger partial charge on any atom is 0.0632 e. The Labute approximate surface area is 153 Å². The standard InChI is InChI=1S/C18H13ClINS/c1-21-15(12-5-3-2-4-6-12)11-16(22)17(20)18(21)13-7-9-14(19)10-8-13/h2-11H,1H3. The highest BCUT2D eigenvalue weighted by molar-refractivity contribution is 14.1. The normalized spacial score (nSPS) is 10.7. The van der Waals surface area contributed by atoms with Crippen molar-refractivity contribution in [3.63, 3.8) is 0 Å². The highest BCUT2D eigenvalue weighted by atomic mass is 127. The van der Waals surface area contributed by atoms with E-state index in [1.54, 1.807) is 0 Å². The summed E-state index contributed by atoms with van der Waals surface area (Å²) in [6, 6.07) is 20.2. The number of pyridine rings is 1. The lowest BCUT2D eigenvalue weighted by Gasteiger charge is -2.17. The van der Waals surface area contributed by atoms with Crippen LogP contribution in [0, 0.1) is 8.08 Å². The van der Waals surface area contributed by atoms with E-state index < -0.39 is 0 Å². The molecule has 0 atom stereocenters. The Morgan fingerprint density at radius 1 is 0.955 bits per heavy atom. The Bertz CT molecular complexity index is 870. The topological polar surface area (TPSA) is 4.93 Å². The van der Waals surface area contributed by atoms with E-state index in [1.807, 2.05) is 42.5 Å². The van der Waals surface area contributed by atoms with Gasteiger partial charge in [-0.3, -0.25) is 0 Å². The molecule has 1 nitrogen and oxygen atoms in total. The lowest BCUT2D eigenvalue weighted by Crippen LogP contribution is -2.04. The van der Waals surface area contributed by atoms with Crippen LogP contribution in [0.25, 0.3) is 22.5 Å². The van der Waals surface area contributed by atoms with Gasteiger partial charge in [-0.1, -0.05) is 66.3 Å². The number of rotatable bonds is 2. The second-order valence-electron chi connectivity index (χ2n) is 4.99. The molecule has 1 heterocycles. The first-order valence-electron chi connectivity index (χ1n) is 6.79. The molecule has 2 aromatic carbocycles. The Morgan fingerprint density at radius 3 is 2.23 bits per heavy atom. The first-order chi connectivity index (χ1) is 10.6. The second-order valence-corrected chi connectivity index (χ2v) is 6.94. The summed E-state index contributed by atoms with van der Waals surface area (Å²) >= 11 is 13.9. The van der Waals surface area contributed by atoms with Crippen molar-refractivity contribution >= 4 is 46.4 Å². The lowest BCUT2D eigenvalue weighted by atomic mass is 10.1. The molecule has 3 rings (SSSR count). The zero-order valence-corrected chi connectivity index (χ0v) is 15.6. The monoisotopic (exact) mass is 437 g/mol. The first-order valence-corrected chi connectivity index (χ1v) is 8.65. The maximum atomic E-state index is 6.01. The van der Waals surface area contributed by atoms with Gasteiger partial charge in [-0.05, 0) is 51.9 Å². The van der Waals surface area contributed by atoms with Crippen molar-refractivity contribution in [2.75, 3.05) is 0 Å². The van der Waals surface area contributed by atoms with Crippen molar-refractivity contribution < 1.29 is 0 Å². The average Bonchev–Trinajstić information content (AvgIpc) is 2.54. The van der Waals surface area contributed by atoms with E-state index in [1.165, 1.54) is 0 Å². The Balaban J connectivity index is 2.29. The van der Waals surface area contributed by atoms with Gasteiger partial charge in [-0.15, -0.1) is 0 Å². The predicted octanol–water partition coefficient (Wildman–Crippen LogP) is 6.35. The zero-order valence-electron chi connectivity index (χ0n) is 11.9. The highest BCUT2D eigenvalue weighted by Crippen LogP contribution is 2.31. The largest absolute Gasteiger partial charge is 0.343 e. The van der Waals surface area contributed by atoms with Crippen LogP contribution in [0.1, 0.15) is 0 Å². The van der Waals surface area contributed by atoms with Gasteiger partial charge in [0.1, 0.15) is 0 Å². The van der Waals surface area contributed by atoms with Crippen molar-refractivity contribution in [2.24, 2.45) is 7.05 Å². The first kappa shape index (κ1) is 15.7. The molecule has 0 spiro atoms. The van der Waals surface area contributed by atoms with Crippen LogP contribution in [-0.2, 0) is 7.05 Å². The summed E-state index contributed by atoms with van der Waals surface area (Å²) in [5.74, 6) is 0. The van der Waals surface area contributed by atoms with Crippen molar-refractivity contribution in [1.82, 2.24) is 4.57 Å². The number of benzene rings is 2. The third-order valence-corrected chi connectivity index (χ3v) is 5.61. The van der Waals surface area contributed by atoms with E-state index >= 15 is 0 Å². The Morgan fingerprint density at radius 2 is 1.59 bits per heavy atom. The van der Waals surface area contributed by atoms with Gasteiger partial charge in [0, 0.05) is 17.8 Å². The van der Waals surface area contributed by atoms with E-state index in [9.17, 15) is 0 Å². The molecular formula is C18H13ClINS. The lowest BCUT2D eigenvalue weighted by molar-refractivity contribution is 0.917. The number of hydrogen-bond donors (Lipinski definition) is 0. The molecule has 110 valence electrons. The number of aromatic nitrogens is 1. The van der Waals surface area contributed by atoms with Gasteiger partial charge in [0.25, 0.3) is 0 Å². The van der Waals surface area contributed by atoms with Crippen LogP contribution in [0.2, 0.25) is 5.02 Å². The summed E-state index contributed by atoms with van der Waals surface area (Å²) in [6.45, 7) is 0. The Kier molecular flexibility index (Phi) is 4.66. The summed E-state index contributed by atoms with van der Waals surface area (Å²) in [6.07, 6.45) is 0. The molecule has 0 bridgehead atoms. The van der Waals surface area contributed by atoms with Gasteiger partial charge >= 0.3 is 0 Å². The van der Waals surface area contributed by atoms with Crippen LogP contribution in [0.5, 0.6) is 0 Å². The molecule has 3 aromatic rings. The molecule has 22 heavy (non-hydrogen) atoms. The average molecular weight is 438 g/mol. The van der Waals surface area contributed by atoms with Crippen LogP contribution in [-0.4, -0.2) is 4.57 Å².